The van der Waals surface area contributed by atoms with Crippen molar-refractivity contribution in [1.82, 2.24) is 19.7 Å². The normalized spacial score (nSPS) is 12.0. The van der Waals surface area contributed by atoms with Gasteiger partial charge in [0.25, 0.3) is 0 Å². The molecule has 152 valence electrons. The Morgan fingerprint density at radius 3 is 2.73 bits per heavy atom. The summed E-state index contributed by atoms with van der Waals surface area (Å²) in [6.07, 6.45) is 5.37. The third-order valence-corrected chi connectivity index (χ3v) is 4.92. The summed E-state index contributed by atoms with van der Waals surface area (Å²) in [7, 11) is 0. The van der Waals surface area contributed by atoms with Crippen LogP contribution in [0.2, 0.25) is 0 Å². The summed E-state index contributed by atoms with van der Waals surface area (Å²) < 4.78 is 7.76. The number of benzene rings is 2. The molecule has 2 aromatic heterocycles. The fraction of sp³-hybridized carbons (Fsp3) is 0.217. The quantitative estimate of drug-likeness (QED) is 0.479. The number of ether oxygens (including phenoxy) is 1. The molecule has 1 atom stereocenters. The molecule has 4 aromatic rings. The van der Waals surface area contributed by atoms with E-state index in [2.05, 4.69) is 15.1 Å². The van der Waals surface area contributed by atoms with Gasteiger partial charge >= 0.3 is 5.97 Å². The molecular weight excluding hydrogens is 380 g/mol. The monoisotopic (exact) mass is 402 g/mol. The molecule has 0 saturated carbocycles. The van der Waals surface area contributed by atoms with Gasteiger partial charge in [-0.15, -0.1) is 0 Å². The van der Waals surface area contributed by atoms with E-state index in [0.717, 1.165) is 33.5 Å². The van der Waals surface area contributed by atoms with Gasteiger partial charge in [-0.25, -0.2) is 9.97 Å². The Kier molecular flexibility index (Phi) is 5.70. The van der Waals surface area contributed by atoms with E-state index in [4.69, 9.17) is 9.84 Å². The summed E-state index contributed by atoms with van der Waals surface area (Å²) in [5.41, 5.74) is 3.82. The van der Waals surface area contributed by atoms with Crippen LogP contribution in [0, 0.1) is 0 Å². The van der Waals surface area contributed by atoms with Crippen LogP contribution in [0.1, 0.15) is 36.1 Å². The van der Waals surface area contributed by atoms with E-state index < -0.39 is 5.97 Å². The first kappa shape index (κ1) is 19.6. The zero-order valence-electron chi connectivity index (χ0n) is 16.6. The van der Waals surface area contributed by atoms with Crippen LogP contribution in [0.4, 0.5) is 0 Å². The Balaban J connectivity index is 1.40. The maximum absolute atomic E-state index is 10.9. The van der Waals surface area contributed by atoms with Crippen molar-refractivity contribution in [3.8, 4) is 5.75 Å². The van der Waals surface area contributed by atoms with E-state index in [-0.39, 0.29) is 12.3 Å². The molecule has 4 rings (SSSR count). The first-order valence-corrected chi connectivity index (χ1v) is 9.72. The largest absolute Gasteiger partial charge is 0.489 e. The lowest BCUT2D eigenvalue weighted by Gasteiger charge is -2.11. The summed E-state index contributed by atoms with van der Waals surface area (Å²) in [4.78, 5) is 19.0. The zero-order valence-corrected chi connectivity index (χ0v) is 16.6. The fourth-order valence-corrected chi connectivity index (χ4v) is 3.30. The van der Waals surface area contributed by atoms with Crippen molar-refractivity contribution in [2.45, 2.75) is 32.4 Å². The first-order chi connectivity index (χ1) is 14.6. The Labute approximate surface area is 174 Å². The molecule has 1 N–H and O–H groups in total. The Bertz CT molecular complexity index is 1140. The van der Waals surface area contributed by atoms with Gasteiger partial charge in [-0.05, 0) is 41.3 Å². The van der Waals surface area contributed by atoms with Gasteiger partial charge in [-0.3, -0.25) is 9.48 Å². The molecule has 7 heteroatoms. The Morgan fingerprint density at radius 1 is 1.17 bits per heavy atom. The minimum atomic E-state index is -0.794. The lowest BCUT2D eigenvalue weighted by molar-refractivity contribution is -0.137. The van der Waals surface area contributed by atoms with E-state index in [1.807, 2.05) is 66.3 Å². The predicted octanol–water partition coefficient (Wildman–Crippen LogP) is 4.03. The lowest BCUT2D eigenvalue weighted by Crippen LogP contribution is -2.03. The molecule has 0 radical (unpaired) electrons. The molecule has 0 bridgehead atoms. The van der Waals surface area contributed by atoms with Gasteiger partial charge in [0.2, 0.25) is 0 Å². The highest BCUT2D eigenvalue weighted by Crippen LogP contribution is 2.23. The molecule has 0 aliphatic carbocycles. The first-order valence-electron chi connectivity index (χ1n) is 9.72. The highest BCUT2D eigenvalue weighted by atomic mass is 16.5. The van der Waals surface area contributed by atoms with Crippen LogP contribution in [0.3, 0.4) is 0 Å². The second-order valence-corrected chi connectivity index (χ2v) is 7.28. The molecular formula is C23H22N4O3. The second kappa shape index (κ2) is 8.73. The standard InChI is InChI=1S/C23H22N4O3/c1-16(10-23(28)29)18-4-6-21(7-5-18)30-14-17-2-3-19-12-27(26-22(19)11-17)13-20-8-9-24-15-25-20/h2-9,11-12,15-16H,10,13-14H2,1H3,(H,28,29). The maximum Gasteiger partial charge on any atom is 0.303 e. The predicted molar refractivity (Wildman–Crippen MR) is 112 cm³/mol. The van der Waals surface area contributed by atoms with Gasteiger partial charge in [0.05, 0.1) is 24.2 Å². The van der Waals surface area contributed by atoms with Crippen molar-refractivity contribution in [1.29, 1.82) is 0 Å². The van der Waals surface area contributed by atoms with Gasteiger partial charge < -0.3 is 9.84 Å². The molecule has 0 aliphatic rings. The SMILES string of the molecule is CC(CC(=O)O)c1ccc(OCc2ccc3cn(Cc4ccncn4)nc3c2)cc1. The molecule has 1 unspecified atom stereocenters. The minimum absolute atomic E-state index is 0.0311. The Hall–Kier alpha value is -3.74. The highest BCUT2D eigenvalue weighted by molar-refractivity contribution is 5.78. The molecule has 2 aromatic carbocycles. The van der Waals surface area contributed by atoms with Crippen LogP contribution < -0.4 is 4.74 Å². The van der Waals surface area contributed by atoms with E-state index >= 15 is 0 Å². The number of carboxylic acid groups (broad SMARTS) is 1. The minimum Gasteiger partial charge on any atom is -0.489 e. The maximum atomic E-state index is 10.9. The molecule has 7 nitrogen and oxygen atoms in total. The van der Waals surface area contributed by atoms with Crippen LogP contribution in [-0.2, 0) is 17.9 Å². The van der Waals surface area contributed by atoms with Crippen LogP contribution >= 0.6 is 0 Å². The van der Waals surface area contributed by atoms with Crippen molar-refractivity contribution in [3.05, 3.63) is 84.1 Å². The van der Waals surface area contributed by atoms with Crippen LogP contribution in [0.15, 0.2) is 67.3 Å². The number of nitrogens with zero attached hydrogens (tertiary/aromatic N) is 4. The number of aliphatic carboxylic acids is 1. The van der Waals surface area contributed by atoms with E-state index in [1.165, 1.54) is 6.33 Å². The highest BCUT2D eigenvalue weighted by Gasteiger charge is 2.10. The van der Waals surface area contributed by atoms with Gasteiger partial charge in [-0.2, -0.15) is 5.10 Å². The summed E-state index contributed by atoms with van der Waals surface area (Å²) in [5, 5.41) is 14.6. The Morgan fingerprint density at radius 2 is 2.00 bits per heavy atom. The average molecular weight is 402 g/mol. The molecule has 2 heterocycles. The molecule has 30 heavy (non-hydrogen) atoms. The van der Waals surface area contributed by atoms with Crippen molar-refractivity contribution in [3.63, 3.8) is 0 Å². The van der Waals surface area contributed by atoms with Crippen LogP contribution in [-0.4, -0.2) is 30.8 Å². The average Bonchev–Trinajstić information content (AvgIpc) is 3.14. The zero-order chi connectivity index (χ0) is 20.9. The third kappa shape index (κ3) is 4.81. The van der Waals surface area contributed by atoms with Crippen molar-refractivity contribution >= 4 is 16.9 Å². The molecule has 0 spiro atoms. The van der Waals surface area contributed by atoms with Gasteiger partial charge in [0.1, 0.15) is 18.7 Å². The second-order valence-electron chi connectivity index (χ2n) is 7.28. The van der Waals surface area contributed by atoms with Gasteiger partial charge in [-0.1, -0.05) is 31.2 Å². The smallest absolute Gasteiger partial charge is 0.303 e. The van der Waals surface area contributed by atoms with E-state index in [0.29, 0.717) is 13.2 Å². The number of hydrogen-bond donors (Lipinski definition) is 1. The molecule has 0 saturated heterocycles. The number of carboxylic acids is 1. The number of hydrogen-bond acceptors (Lipinski definition) is 5. The fourth-order valence-electron chi connectivity index (χ4n) is 3.30. The number of fused-ring (bicyclic) bond motifs is 1. The molecule has 0 amide bonds. The topological polar surface area (TPSA) is 90.1 Å². The summed E-state index contributed by atoms with van der Waals surface area (Å²) in [6.45, 7) is 2.93. The van der Waals surface area contributed by atoms with Gasteiger partial charge in [0, 0.05) is 17.8 Å². The molecule has 0 aliphatic heterocycles. The third-order valence-electron chi connectivity index (χ3n) is 4.92. The number of carbonyl (C=O) groups is 1. The molecule has 0 fully saturated rings. The van der Waals surface area contributed by atoms with Crippen molar-refractivity contribution in [2.75, 3.05) is 0 Å². The van der Waals surface area contributed by atoms with Gasteiger partial charge in [0.15, 0.2) is 0 Å². The van der Waals surface area contributed by atoms with E-state index in [9.17, 15) is 4.79 Å². The lowest BCUT2D eigenvalue weighted by atomic mass is 9.98. The summed E-state index contributed by atoms with van der Waals surface area (Å²) in [6, 6.07) is 15.6. The summed E-state index contributed by atoms with van der Waals surface area (Å²) >= 11 is 0. The van der Waals surface area contributed by atoms with Crippen molar-refractivity contribution < 1.29 is 14.6 Å². The number of aromatic nitrogens is 4. The van der Waals surface area contributed by atoms with Crippen LogP contribution in [0.25, 0.3) is 10.9 Å². The van der Waals surface area contributed by atoms with E-state index in [1.54, 1.807) is 6.20 Å². The van der Waals surface area contributed by atoms with Crippen LogP contribution in [0.5, 0.6) is 5.75 Å². The summed E-state index contributed by atoms with van der Waals surface area (Å²) in [5.74, 6) is -0.0789. The number of rotatable bonds is 8. The van der Waals surface area contributed by atoms with Crippen molar-refractivity contribution in [2.24, 2.45) is 0 Å².